The summed E-state index contributed by atoms with van der Waals surface area (Å²) in [6.45, 7) is 9.64. The van der Waals surface area contributed by atoms with E-state index in [1.165, 1.54) is 56.0 Å². The van der Waals surface area contributed by atoms with Crippen molar-refractivity contribution in [1.29, 1.82) is 0 Å². The zero-order valence-electron chi connectivity index (χ0n) is 29.8. The second-order valence-electron chi connectivity index (χ2n) is 17.9. The summed E-state index contributed by atoms with van der Waals surface area (Å²) in [5, 5.41) is 17.1. The molecule has 9 aliphatic rings. The van der Waals surface area contributed by atoms with Crippen molar-refractivity contribution in [2.24, 2.45) is 11.3 Å². The number of carbonyl (C=O) groups is 1. The van der Waals surface area contributed by atoms with Crippen LogP contribution in [0.3, 0.4) is 0 Å². The molecule has 8 nitrogen and oxygen atoms in total. The molecular formula is C41H51ClN4O4+2. The minimum Gasteiger partial charge on any atom is -0.467 e. The summed E-state index contributed by atoms with van der Waals surface area (Å²) in [7, 11) is 1.53. The van der Waals surface area contributed by atoms with Gasteiger partial charge in [0, 0.05) is 60.0 Å². The van der Waals surface area contributed by atoms with E-state index in [9.17, 15) is 9.90 Å². The van der Waals surface area contributed by atoms with Crippen LogP contribution in [0.5, 0.6) is 5.75 Å². The van der Waals surface area contributed by atoms with Crippen molar-refractivity contribution in [2.45, 2.75) is 106 Å². The van der Waals surface area contributed by atoms with Crippen molar-refractivity contribution in [1.82, 2.24) is 0 Å². The number of alkyl halides is 1. The fourth-order valence-electron chi connectivity index (χ4n) is 14.6. The van der Waals surface area contributed by atoms with Gasteiger partial charge in [-0.3, -0.25) is 4.48 Å². The molecule has 9 aliphatic heterocycles. The van der Waals surface area contributed by atoms with Gasteiger partial charge in [-0.25, -0.2) is 4.79 Å². The largest absolute Gasteiger partial charge is 0.467 e. The van der Waals surface area contributed by atoms with Crippen molar-refractivity contribution in [3.05, 3.63) is 64.7 Å². The first-order valence-corrected chi connectivity index (χ1v) is 19.9. The van der Waals surface area contributed by atoms with E-state index in [0.717, 1.165) is 89.9 Å². The lowest BCUT2D eigenvalue weighted by Crippen LogP contribution is -2.87. The van der Waals surface area contributed by atoms with Gasteiger partial charge in [0.2, 0.25) is 11.4 Å². The lowest BCUT2D eigenvalue weighted by Gasteiger charge is -2.69. The normalized spacial score (nSPS) is 47.2. The van der Waals surface area contributed by atoms with Gasteiger partial charge in [-0.15, -0.1) is 0 Å². The molecule has 11 rings (SSSR count). The molecule has 1 unspecified atom stereocenters. The van der Waals surface area contributed by atoms with E-state index < -0.39 is 17.4 Å². The monoisotopic (exact) mass is 698 g/mol. The molecule has 4 bridgehead atoms. The van der Waals surface area contributed by atoms with E-state index in [1.807, 2.05) is 0 Å². The number of fused-ring (bicyclic) bond motifs is 7. The molecule has 0 saturated carbocycles. The van der Waals surface area contributed by atoms with Crippen LogP contribution < -0.4 is 15.0 Å². The Balaban J connectivity index is 1.11. The average Bonchev–Trinajstić information content (AvgIpc) is 3.64. The van der Waals surface area contributed by atoms with Gasteiger partial charge >= 0.3 is 5.97 Å². The van der Waals surface area contributed by atoms with Crippen LogP contribution in [0.2, 0.25) is 0 Å². The predicted molar refractivity (Wildman–Crippen MR) is 192 cm³/mol. The number of allylic oxidation sites excluding steroid dienone is 1. The molecule has 264 valence electrons. The summed E-state index contributed by atoms with van der Waals surface area (Å²) in [6.07, 6.45) is 11.5. The van der Waals surface area contributed by atoms with E-state index in [0.29, 0.717) is 11.4 Å². The summed E-state index contributed by atoms with van der Waals surface area (Å²) in [4.78, 5) is 16.5. The van der Waals surface area contributed by atoms with Crippen LogP contribution >= 0.6 is 11.6 Å². The highest BCUT2D eigenvalue weighted by molar-refractivity contribution is 6.17. The van der Waals surface area contributed by atoms with Crippen LogP contribution in [-0.2, 0) is 27.0 Å². The van der Waals surface area contributed by atoms with Crippen molar-refractivity contribution in [3.63, 3.8) is 0 Å². The number of halogens is 1. The number of quaternary nitrogens is 2. The van der Waals surface area contributed by atoms with Gasteiger partial charge in [-0.1, -0.05) is 42.8 Å². The zero-order chi connectivity index (χ0) is 34.1. The third-order valence-electron chi connectivity index (χ3n) is 16.8. The Bertz CT molecular complexity index is 1920. The molecule has 6 fully saturated rings. The number of ether oxygens (including phenoxy) is 2. The molecule has 2 aromatic rings. The first-order chi connectivity index (χ1) is 24.1. The molecule has 10 atom stereocenters. The van der Waals surface area contributed by atoms with E-state index in [1.54, 1.807) is 0 Å². The highest BCUT2D eigenvalue weighted by atomic mass is 35.5. The predicted octanol–water partition coefficient (Wildman–Crippen LogP) is 5.90. The van der Waals surface area contributed by atoms with Crippen LogP contribution in [0, 0.1) is 11.3 Å². The Labute approximate surface area is 300 Å². The molecular weight excluding hydrogens is 648 g/mol. The van der Waals surface area contributed by atoms with Crippen molar-refractivity contribution < 1.29 is 28.3 Å². The van der Waals surface area contributed by atoms with Gasteiger partial charge in [0.1, 0.15) is 18.3 Å². The molecule has 3 spiro atoms. The highest BCUT2D eigenvalue weighted by Crippen LogP contribution is 2.71. The number of piperidine rings is 5. The Morgan fingerprint density at radius 1 is 1.14 bits per heavy atom. The number of carbonyl (C=O) groups excluding carboxylic acids is 1. The first-order valence-electron chi connectivity index (χ1n) is 19.4. The van der Waals surface area contributed by atoms with E-state index in [-0.39, 0.29) is 29.0 Å². The Morgan fingerprint density at radius 2 is 2.00 bits per heavy atom. The maximum absolute atomic E-state index is 14.1. The van der Waals surface area contributed by atoms with E-state index in [4.69, 9.17) is 21.1 Å². The molecule has 0 aromatic heterocycles. The van der Waals surface area contributed by atoms with Gasteiger partial charge in [0.25, 0.3) is 0 Å². The first kappa shape index (κ1) is 30.8. The summed E-state index contributed by atoms with van der Waals surface area (Å²) in [5.74, 6) is 0.728. The fraction of sp³-hybridized carbons (Fsp3) is 0.634. The third-order valence-corrected chi connectivity index (χ3v) is 17.3. The maximum atomic E-state index is 14.1. The summed E-state index contributed by atoms with van der Waals surface area (Å²) < 4.78 is 15.2. The third kappa shape index (κ3) is 3.05. The Hall–Kier alpha value is -2.78. The number of para-hydroxylation sites is 1. The molecule has 9 heterocycles. The van der Waals surface area contributed by atoms with Gasteiger partial charge in [0.05, 0.1) is 38.7 Å². The van der Waals surface area contributed by atoms with E-state index >= 15 is 0 Å². The summed E-state index contributed by atoms with van der Waals surface area (Å²) in [5.41, 5.74) is 4.91. The summed E-state index contributed by atoms with van der Waals surface area (Å²) in [6, 6.07) is 13.4. The lowest BCUT2D eigenvalue weighted by molar-refractivity contribution is -0.981. The molecule has 50 heavy (non-hydrogen) atoms. The quantitative estimate of drug-likeness (QED) is 0.137. The number of rotatable bonds is 3. The zero-order valence-corrected chi connectivity index (χ0v) is 30.5. The number of benzene rings is 2. The Kier molecular flexibility index (Phi) is 5.80. The summed E-state index contributed by atoms with van der Waals surface area (Å²) >= 11 is 7.10. The molecule has 2 N–H and O–H groups in total. The van der Waals surface area contributed by atoms with Crippen LogP contribution in [0.4, 0.5) is 11.4 Å². The SMILES string of the molecule is C/C=C1/C[N+]2(CCl)CC[C@@]34Cc5cc6c(cc5O[C@@]35[C@@H]2C[C@@H]1[C@@H](C(=O)OC)N5c1ccccc14)N[C@@]12CC[C@@]3(CC)CCC[N@+]1(CC[C@@]62O)C3. The lowest BCUT2D eigenvalue weighted by atomic mass is 9.56. The van der Waals surface area contributed by atoms with Crippen LogP contribution in [0.15, 0.2) is 48.0 Å². The number of hydrogen-bond donors (Lipinski definition) is 2. The van der Waals surface area contributed by atoms with Crippen molar-refractivity contribution in [3.8, 4) is 5.75 Å². The molecule has 9 heteroatoms. The van der Waals surface area contributed by atoms with Crippen LogP contribution in [0.1, 0.15) is 81.9 Å². The second-order valence-corrected chi connectivity index (χ2v) is 18.2. The number of nitrogens with one attached hydrogen (secondary N) is 1. The number of aliphatic hydroxyl groups is 1. The van der Waals surface area contributed by atoms with Gasteiger partial charge in [-0.2, -0.15) is 0 Å². The van der Waals surface area contributed by atoms with E-state index in [2.05, 4.69) is 66.5 Å². The molecule has 0 amide bonds. The molecule has 2 aromatic carbocycles. The Morgan fingerprint density at radius 3 is 2.80 bits per heavy atom. The number of nitrogens with zero attached hydrogens (tertiary/aromatic N) is 3. The smallest absolute Gasteiger partial charge is 0.329 e. The van der Waals surface area contributed by atoms with Gasteiger partial charge in [0.15, 0.2) is 17.6 Å². The van der Waals surface area contributed by atoms with Crippen LogP contribution in [0.25, 0.3) is 0 Å². The van der Waals surface area contributed by atoms with Crippen molar-refractivity contribution in [2.75, 3.05) is 56.1 Å². The maximum Gasteiger partial charge on any atom is 0.329 e. The number of esters is 1. The van der Waals surface area contributed by atoms with Gasteiger partial charge < -0.3 is 29.3 Å². The van der Waals surface area contributed by atoms with Crippen LogP contribution in [-0.4, -0.2) is 89.4 Å². The number of anilines is 2. The fourth-order valence-corrected chi connectivity index (χ4v) is 15.0. The number of hydrogen-bond acceptors (Lipinski definition) is 6. The highest BCUT2D eigenvalue weighted by Gasteiger charge is 2.82. The van der Waals surface area contributed by atoms with Crippen molar-refractivity contribution >= 4 is 28.9 Å². The molecule has 6 saturated heterocycles. The average molecular weight is 699 g/mol. The topological polar surface area (TPSA) is 71.0 Å². The number of methoxy groups -OCH3 is 1. The standard InChI is InChI=1S/C41H51ClN4O4/c1-4-26-23-45(25-42)17-14-38-22-27-19-30-31(43-40-13-12-37(5-2)11-8-16-46(40,24-37)18-15-39(30,40)48)21-33(27)50-41(38)34(45)20-28(26)35(36(47)49-3)44(41)32-10-7-6-9-29(32)38/h4,6-7,9-10,19,21,28,34-35,43,48H,5,8,11-18,20,22-25H2,1-3H3/q+2/b26-4-/t28-,34-,35-,37+,38-,39+,40-,41-,45?,46-/m0/s1. The van der Waals surface area contributed by atoms with Gasteiger partial charge in [-0.05, 0) is 67.9 Å². The minimum atomic E-state index is -0.904. The molecule has 0 radical (unpaired) electrons. The second kappa shape index (κ2) is 9.41. The minimum absolute atomic E-state index is 0.0323. The molecule has 0 aliphatic carbocycles.